The Morgan fingerprint density at radius 1 is 0.963 bits per heavy atom. The molecule has 2 amide bonds. The van der Waals surface area contributed by atoms with Crippen molar-refractivity contribution in [1.29, 1.82) is 0 Å². The van der Waals surface area contributed by atoms with Crippen LogP contribution in [0.2, 0.25) is 20.1 Å². The highest BCUT2D eigenvalue weighted by Gasteiger charge is 2.18. The lowest BCUT2D eigenvalue weighted by molar-refractivity contribution is -0.134. The number of benzene rings is 2. The number of rotatable bonds is 7. The second kappa shape index (κ2) is 10.2. The molecule has 0 bridgehead atoms. The minimum absolute atomic E-state index is 0.0971. The molecular formula is C19H18Cl4N2O2. The Morgan fingerprint density at radius 2 is 1.56 bits per heavy atom. The van der Waals surface area contributed by atoms with Crippen LogP contribution in [-0.4, -0.2) is 29.8 Å². The minimum atomic E-state index is -0.374. The van der Waals surface area contributed by atoms with Crippen molar-refractivity contribution in [2.24, 2.45) is 0 Å². The highest BCUT2D eigenvalue weighted by molar-refractivity contribution is 6.42. The molecule has 2 aromatic rings. The summed E-state index contributed by atoms with van der Waals surface area (Å²) in [4.78, 5) is 26.2. The highest BCUT2D eigenvalue weighted by atomic mass is 35.5. The van der Waals surface area contributed by atoms with E-state index in [0.717, 1.165) is 5.56 Å². The first-order valence-electron chi connectivity index (χ1n) is 8.28. The van der Waals surface area contributed by atoms with Gasteiger partial charge in [-0.3, -0.25) is 9.59 Å². The second-order valence-corrected chi connectivity index (χ2v) is 7.37. The zero-order valence-electron chi connectivity index (χ0n) is 14.6. The van der Waals surface area contributed by atoms with Crippen molar-refractivity contribution in [2.75, 3.05) is 18.4 Å². The van der Waals surface area contributed by atoms with Crippen LogP contribution in [0.25, 0.3) is 0 Å². The quantitative estimate of drug-likeness (QED) is 0.589. The predicted octanol–water partition coefficient (Wildman–Crippen LogP) is 5.72. The summed E-state index contributed by atoms with van der Waals surface area (Å²) >= 11 is 24.2. The van der Waals surface area contributed by atoms with Gasteiger partial charge in [0.2, 0.25) is 11.8 Å². The fourth-order valence-electron chi connectivity index (χ4n) is 2.49. The van der Waals surface area contributed by atoms with Crippen LogP contribution in [0, 0.1) is 0 Å². The van der Waals surface area contributed by atoms with Crippen molar-refractivity contribution in [3.8, 4) is 0 Å². The fourth-order valence-corrected chi connectivity index (χ4v) is 3.39. The maximum atomic E-state index is 12.5. The molecule has 0 heterocycles. The highest BCUT2D eigenvalue weighted by Crippen LogP contribution is 2.30. The average Bonchev–Trinajstić information content (AvgIpc) is 2.64. The fraction of sp³-hybridized carbons (Fsp3) is 0.263. The van der Waals surface area contributed by atoms with Crippen LogP contribution in [0.1, 0.15) is 18.9 Å². The molecule has 1 N–H and O–H groups in total. The Balaban J connectivity index is 1.96. The van der Waals surface area contributed by atoms with Crippen LogP contribution >= 0.6 is 46.4 Å². The molecular weight excluding hydrogens is 430 g/mol. The van der Waals surface area contributed by atoms with E-state index in [-0.39, 0.29) is 24.8 Å². The van der Waals surface area contributed by atoms with Crippen molar-refractivity contribution < 1.29 is 9.59 Å². The summed E-state index contributed by atoms with van der Waals surface area (Å²) in [7, 11) is 0. The van der Waals surface area contributed by atoms with Crippen LogP contribution in [0.3, 0.4) is 0 Å². The first-order valence-corrected chi connectivity index (χ1v) is 9.79. The van der Waals surface area contributed by atoms with Gasteiger partial charge in [-0.25, -0.2) is 0 Å². The number of amides is 2. The first kappa shape index (κ1) is 21.8. The average molecular weight is 448 g/mol. The molecule has 0 aliphatic rings. The number of likely N-dealkylation sites (N-methyl/N-ethyl adjacent to an activating group) is 1. The number of aryl methyl sites for hydroxylation is 1. The van der Waals surface area contributed by atoms with E-state index in [4.69, 9.17) is 46.4 Å². The van der Waals surface area contributed by atoms with Crippen LogP contribution in [0.5, 0.6) is 0 Å². The monoisotopic (exact) mass is 446 g/mol. The Morgan fingerprint density at radius 3 is 2.19 bits per heavy atom. The van der Waals surface area contributed by atoms with Gasteiger partial charge in [-0.15, -0.1) is 0 Å². The third-order valence-electron chi connectivity index (χ3n) is 3.94. The van der Waals surface area contributed by atoms with Crippen LogP contribution < -0.4 is 5.32 Å². The molecule has 0 aliphatic carbocycles. The van der Waals surface area contributed by atoms with Crippen molar-refractivity contribution in [1.82, 2.24) is 4.90 Å². The van der Waals surface area contributed by atoms with Gasteiger partial charge in [-0.2, -0.15) is 0 Å². The van der Waals surface area contributed by atoms with Gasteiger partial charge in [-0.05, 0) is 37.1 Å². The lowest BCUT2D eigenvalue weighted by atomic mass is 10.1. The third kappa shape index (κ3) is 6.01. The number of anilines is 1. The molecule has 0 fully saturated rings. The molecule has 4 nitrogen and oxygen atoms in total. The summed E-state index contributed by atoms with van der Waals surface area (Å²) in [6.45, 7) is 2.10. The van der Waals surface area contributed by atoms with Crippen molar-refractivity contribution in [3.05, 3.63) is 62.1 Å². The number of nitrogens with one attached hydrogen (secondary N) is 1. The van der Waals surface area contributed by atoms with Crippen molar-refractivity contribution in [3.63, 3.8) is 0 Å². The molecule has 8 heteroatoms. The Bertz CT molecular complexity index is 822. The summed E-state index contributed by atoms with van der Waals surface area (Å²) in [6, 6.07) is 10.2. The maximum absolute atomic E-state index is 12.5. The molecule has 27 heavy (non-hydrogen) atoms. The van der Waals surface area contributed by atoms with E-state index in [1.54, 1.807) is 37.3 Å². The largest absolute Gasteiger partial charge is 0.334 e. The number of para-hydroxylation sites is 1. The number of carbonyl (C=O) groups excluding carboxylic acids is 2. The van der Waals surface area contributed by atoms with E-state index in [0.29, 0.717) is 38.7 Å². The van der Waals surface area contributed by atoms with Gasteiger partial charge in [0.05, 0.1) is 32.3 Å². The predicted molar refractivity (Wildman–Crippen MR) is 112 cm³/mol. The van der Waals surface area contributed by atoms with Gasteiger partial charge in [0.15, 0.2) is 0 Å². The molecule has 144 valence electrons. The van der Waals surface area contributed by atoms with Crippen LogP contribution in [0.15, 0.2) is 36.4 Å². The van der Waals surface area contributed by atoms with E-state index in [1.165, 1.54) is 4.90 Å². The number of nitrogens with zero attached hydrogens (tertiary/aromatic N) is 1. The molecule has 0 aromatic heterocycles. The summed E-state index contributed by atoms with van der Waals surface area (Å²) in [5.41, 5.74) is 1.13. The standard InChI is InChI=1S/C19H18Cl4N2O2/c1-2-25(11-16(26)24-19-14(21)7-4-8-15(19)22)17(27)10-9-12-5-3-6-13(20)18(12)23/h3-8H,2,9-11H2,1H3,(H,24,26). The summed E-state index contributed by atoms with van der Waals surface area (Å²) in [5.74, 6) is -0.532. The van der Waals surface area contributed by atoms with E-state index in [1.807, 2.05) is 6.07 Å². The third-order valence-corrected chi connectivity index (χ3v) is 5.42. The zero-order chi connectivity index (χ0) is 20.0. The summed E-state index contributed by atoms with van der Waals surface area (Å²) in [6.07, 6.45) is 0.653. The maximum Gasteiger partial charge on any atom is 0.244 e. The van der Waals surface area contributed by atoms with Crippen molar-refractivity contribution in [2.45, 2.75) is 19.8 Å². The van der Waals surface area contributed by atoms with E-state index in [2.05, 4.69) is 5.32 Å². The number of carbonyl (C=O) groups is 2. The van der Waals surface area contributed by atoms with E-state index in [9.17, 15) is 9.59 Å². The number of halogens is 4. The van der Waals surface area contributed by atoms with Gasteiger partial charge >= 0.3 is 0 Å². The number of hydrogen-bond donors (Lipinski definition) is 1. The van der Waals surface area contributed by atoms with Gasteiger partial charge in [-0.1, -0.05) is 64.6 Å². The second-order valence-electron chi connectivity index (χ2n) is 5.77. The van der Waals surface area contributed by atoms with Crippen molar-refractivity contribution >= 4 is 63.9 Å². The Kier molecular flexibility index (Phi) is 8.24. The summed E-state index contributed by atoms with van der Waals surface area (Å²) in [5, 5.41) is 4.22. The molecule has 0 atom stereocenters. The Hall–Kier alpha value is -1.46. The Labute approximate surface area is 178 Å². The molecule has 2 rings (SSSR count). The van der Waals surface area contributed by atoms with Gasteiger partial charge < -0.3 is 10.2 Å². The van der Waals surface area contributed by atoms with E-state index < -0.39 is 0 Å². The normalized spacial score (nSPS) is 10.6. The lowest BCUT2D eigenvalue weighted by Gasteiger charge is -2.21. The molecule has 0 spiro atoms. The molecule has 0 saturated heterocycles. The van der Waals surface area contributed by atoms with Crippen LogP contribution in [0.4, 0.5) is 5.69 Å². The molecule has 2 aromatic carbocycles. The van der Waals surface area contributed by atoms with Gasteiger partial charge in [0, 0.05) is 13.0 Å². The molecule has 0 aliphatic heterocycles. The number of hydrogen-bond acceptors (Lipinski definition) is 2. The zero-order valence-corrected chi connectivity index (χ0v) is 17.6. The minimum Gasteiger partial charge on any atom is -0.334 e. The molecule has 0 radical (unpaired) electrons. The van der Waals surface area contributed by atoms with Crippen LogP contribution in [-0.2, 0) is 16.0 Å². The molecule has 0 unspecified atom stereocenters. The molecule has 0 saturated carbocycles. The first-order chi connectivity index (χ1) is 12.8. The lowest BCUT2D eigenvalue weighted by Crippen LogP contribution is -2.38. The van der Waals surface area contributed by atoms with Gasteiger partial charge in [0.25, 0.3) is 0 Å². The summed E-state index contributed by atoms with van der Waals surface area (Å²) < 4.78 is 0. The van der Waals surface area contributed by atoms with Gasteiger partial charge in [0.1, 0.15) is 0 Å². The van der Waals surface area contributed by atoms with E-state index >= 15 is 0 Å². The topological polar surface area (TPSA) is 49.4 Å². The smallest absolute Gasteiger partial charge is 0.244 e. The SMILES string of the molecule is CCN(CC(=O)Nc1c(Cl)cccc1Cl)C(=O)CCc1cccc(Cl)c1Cl.